The first-order chi connectivity index (χ1) is 9.30. The molecule has 0 saturated carbocycles. The lowest BCUT2D eigenvalue weighted by molar-refractivity contribution is 0.275. The van der Waals surface area contributed by atoms with E-state index in [0.717, 1.165) is 31.6 Å². The van der Waals surface area contributed by atoms with Crippen LogP contribution in [0.5, 0.6) is 0 Å². The molecular weight excluding hydrogens is 236 g/mol. The first-order valence-corrected chi connectivity index (χ1v) is 7.32. The van der Waals surface area contributed by atoms with Crippen molar-refractivity contribution in [1.29, 1.82) is 0 Å². The van der Waals surface area contributed by atoms with Crippen LogP contribution in [0.25, 0.3) is 11.0 Å². The molecule has 0 atom stereocenters. The van der Waals surface area contributed by atoms with E-state index >= 15 is 0 Å². The molecule has 2 aromatic rings. The molecular formula is C15H22N4. The number of imidazole rings is 1. The predicted molar refractivity (Wildman–Crippen MR) is 77.3 cm³/mol. The number of hydrogen-bond donors (Lipinski definition) is 1. The van der Waals surface area contributed by atoms with E-state index in [2.05, 4.69) is 34.8 Å². The van der Waals surface area contributed by atoms with Gasteiger partial charge in [-0.2, -0.15) is 0 Å². The number of nitrogens with zero attached hydrogens (tertiary/aromatic N) is 3. The maximum atomic E-state index is 4.92. The minimum Gasteiger partial charge on any atom is -0.328 e. The summed E-state index contributed by atoms with van der Waals surface area (Å²) in [5.74, 6) is 1.27. The Bertz CT molecular complexity index is 567. The van der Waals surface area contributed by atoms with Crippen molar-refractivity contribution in [2.75, 3.05) is 13.1 Å². The van der Waals surface area contributed by atoms with Crippen LogP contribution in [0.4, 0.5) is 0 Å². The maximum Gasteiger partial charge on any atom is 0.116 e. The van der Waals surface area contributed by atoms with Gasteiger partial charge in [0.15, 0.2) is 0 Å². The van der Waals surface area contributed by atoms with Gasteiger partial charge in [-0.15, -0.1) is 0 Å². The van der Waals surface area contributed by atoms with Gasteiger partial charge in [0.2, 0.25) is 0 Å². The molecule has 19 heavy (non-hydrogen) atoms. The molecule has 4 nitrogen and oxygen atoms in total. The Morgan fingerprint density at radius 2 is 2.11 bits per heavy atom. The van der Waals surface area contributed by atoms with Crippen LogP contribution in [0.3, 0.4) is 0 Å². The second-order valence-corrected chi connectivity index (χ2v) is 5.43. The van der Waals surface area contributed by atoms with Crippen molar-refractivity contribution in [2.45, 2.75) is 45.1 Å². The van der Waals surface area contributed by atoms with Crippen LogP contribution in [-0.4, -0.2) is 27.6 Å². The SMILES string of the molecule is CCn1c(C2(CC)CCNCC2)nc2cnccc21. The summed E-state index contributed by atoms with van der Waals surface area (Å²) in [6.45, 7) is 7.67. The largest absolute Gasteiger partial charge is 0.328 e. The van der Waals surface area contributed by atoms with E-state index in [0.29, 0.717) is 0 Å². The number of aromatic nitrogens is 3. The summed E-state index contributed by atoms with van der Waals surface area (Å²) in [6.07, 6.45) is 7.27. The van der Waals surface area contributed by atoms with Crippen LogP contribution in [0.15, 0.2) is 18.5 Å². The summed E-state index contributed by atoms with van der Waals surface area (Å²) >= 11 is 0. The highest BCUT2D eigenvalue weighted by Gasteiger charge is 2.36. The number of aryl methyl sites for hydroxylation is 1. The molecule has 0 spiro atoms. The molecule has 0 aliphatic carbocycles. The summed E-state index contributed by atoms with van der Waals surface area (Å²) in [4.78, 5) is 9.13. The summed E-state index contributed by atoms with van der Waals surface area (Å²) in [5.41, 5.74) is 2.49. The highest BCUT2D eigenvalue weighted by Crippen LogP contribution is 2.37. The van der Waals surface area contributed by atoms with Crippen molar-refractivity contribution in [3.8, 4) is 0 Å². The van der Waals surface area contributed by atoms with Gasteiger partial charge in [-0.25, -0.2) is 4.98 Å². The highest BCUT2D eigenvalue weighted by molar-refractivity contribution is 5.75. The van der Waals surface area contributed by atoms with Gasteiger partial charge < -0.3 is 9.88 Å². The van der Waals surface area contributed by atoms with Crippen molar-refractivity contribution in [1.82, 2.24) is 19.9 Å². The molecule has 1 fully saturated rings. The second kappa shape index (κ2) is 4.93. The average Bonchev–Trinajstić information content (AvgIpc) is 2.87. The van der Waals surface area contributed by atoms with Crippen molar-refractivity contribution in [3.05, 3.63) is 24.3 Å². The zero-order valence-electron chi connectivity index (χ0n) is 11.8. The van der Waals surface area contributed by atoms with E-state index in [1.165, 1.54) is 24.2 Å². The lowest BCUT2D eigenvalue weighted by Crippen LogP contribution is -2.41. The maximum absolute atomic E-state index is 4.92. The van der Waals surface area contributed by atoms with Crippen LogP contribution in [0.1, 0.15) is 38.9 Å². The molecule has 1 aliphatic rings. The van der Waals surface area contributed by atoms with Crippen LogP contribution in [0, 0.1) is 0 Å². The molecule has 0 unspecified atom stereocenters. The Labute approximate surface area is 114 Å². The Morgan fingerprint density at radius 1 is 1.32 bits per heavy atom. The molecule has 0 bridgehead atoms. The molecule has 2 aromatic heterocycles. The number of fused-ring (bicyclic) bond motifs is 1. The number of piperidine rings is 1. The van der Waals surface area contributed by atoms with Gasteiger partial charge in [-0.3, -0.25) is 4.98 Å². The summed E-state index contributed by atoms with van der Waals surface area (Å²) in [5, 5.41) is 3.47. The van der Waals surface area contributed by atoms with Crippen molar-refractivity contribution >= 4 is 11.0 Å². The third-order valence-electron chi connectivity index (χ3n) is 4.58. The molecule has 3 heterocycles. The molecule has 4 heteroatoms. The highest BCUT2D eigenvalue weighted by atomic mass is 15.1. The Morgan fingerprint density at radius 3 is 2.79 bits per heavy atom. The summed E-state index contributed by atoms with van der Waals surface area (Å²) < 4.78 is 2.38. The van der Waals surface area contributed by atoms with Crippen LogP contribution in [-0.2, 0) is 12.0 Å². The molecule has 0 amide bonds. The number of nitrogens with one attached hydrogen (secondary N) is 1. The number of rotatable bonds is 3. The first-order valence-electron chi connectivity index (χ1n) is 7.32. The van der Waals surface area contributed by atoms with Crippen LogP contribution in [0.2, 0.25) is 0 Å². The number of pyridine rings is 1. The lowest BCUT2D eigenvalue weighted by Gasteiger charge is -2.36. The molecule has 1 saturated heterocycles. The molecule has 1 N–H and O–H groups in total. The van der Waals surface area contributed by atoms with E-state index in [-0.39, 0.29) is 5.41 Å². The van der Waals surface area contributed by atoms with E-state index in [1.54, 1.807) is 0 Å². The van der Waals surface area contributed by atoms with Crippen LogP contribution < -0.4 is 5.32 Å². The fraction of sp³-hybridized carbons (Fsp3) is 0.600. The Kier molecular flexibility index (Phi) is 3.27. The van der Waals surface area contributed by atoms with Gasteiger partial charge >= 0.3 is 0 Å². The molecule has 102 valence electrons. The smallest absolute Gasteiger partial charge is 0.116 e. The fourth-order valence-electron chi connectivity index (χ4n) is 3.35. The minimum absolute atomic E-state index is 0.236. The quantitative estimate of drug-likeness (QED) is 0.919. The normalized spacial score (nSPS) is 18.8. The van der Waals surface area contributed by atoms with Gasteiger partial charge in [0.25, 0.3) is 0 Å². The second-order valence-electron chi connectivity index (χ2n) is 5.43. The van der Waals surface area contributed by atoms with E-state index < -0.39 is 0 Å². The van der Waals surface area contributed by atoms with E-state index in [1.807, 2.05) is 12.4 Å². The third-order valence-corrected chi connectivity index (χ3v) is 4.58. The molecule has 1 aliphatic heterocycles. The first kappa shape index (κ1) is 12.6. The van der Waals surface area contributed by atoms with Crippen molar-refractivity contribution < 1.29 is 0 Å². The monoisotopic (exact) mass is 258 g/mol. The molecule has 0 aromatic carbocycles. The standard InChI is InChI=1S/C15H22N4/c1-3-15(6-9-16-10-7-15)14-18-12-11-17-8-5-13(12)19(14)4-2/h5,8,11,16H,3-4,6-7,9-10H2,1-2H3. The predicted octanol–water partition coefficient (Wildman–Crippen LogP) is 2.48. The number of hydrogen-bond acceptors (Lipinski definition) is 3. The Hall–Kier alpha value is -1.42. The van der Waals surface area contributed by atoms with Crippen molar-refractivity contribution in [3.63, 3.8) is 0 Å². The molecule has 0 radical (unpaired) electrons. The lowest BCUT2D eigenvalue weighted by atomic mass is 9.76. The molecule has 3 rings (SSSR count). The third kappa shape index (κ3) is 1.94. The van der Waals surface area contributed by atoms with Gasteiger partial charge in [0, 0.05) is 18.2 Å². The zero-order valence-corrected chi connectivity index (χ0v) is 11.8. The summed E-state index contributed by atoms with van der Waals surface area (Å²) in [6, 6.07) is 2.08. The fourth-order valence-corrected chi connectivity index (χ4v) is 3.35. The van der Waals surface area contributed by atoms with Crippen molar-refractivity contribution in [2.24, 2.45) is 0 Å². The average molecular weight is 258 g/mol. The zero-order chi connectivity index (χ0) is 13.3. The van der Waals surface area contributed by atoms with Gasteiger partial charge in [-0.05, 0) is 45.3 Å². The summed E-state index contributed by atoms with van der Waals surface area (Å²) in [7, 11) is 0. The van der Waals surface area contributed by atoms with Gasteiger partial charge in [0.05, 0.1) is 11.7 Å². The Balaban J connectivity index is 2.17. The minimum atomic E-state index is 0.236. The van der Waals surface area contributed by atoms with Crippen LogP contribution >= 0.6 is 0 Å². The van der Waals surface area contributed by atoms with Gasteiger partial charge in [0.1, 0.15) is 11.3 Å². The topological polar surface area (TPSA) is 42.7 Å². The van der Waals surface area contributed by atoms with E-state index in [9.17, 15) is 0 Å². The van der Waals surface area contributed by atoms with Gasteiger partial charge in [-0.1, -0.05) is 6.92 Å². The van der Waals surface area contributed by atoms with E-state index in [4.69, 9.17) is 4.98 Å².